The molecule has 1 atom stereocenters. The van der Waals surface area contributed by atoms with E-state index in [-0.39, 0.29) is 35.4 Å². The predicted molar refractivity (Wildman–Crippen MR) is 202 cm³/mol. The van der Waals surface area contributed by atoms with E-state index < -0.39 is 28.5 Å². The molecule has 0 aliphatic rings. The lowest BCUT2D eigenvalue weighted by Crippen LogP contribution is -2.53. The van der Waals surface area contributed by atoms with Gasteiger partial charge >= 0.3 is 0 Å². The lowest BCUT2D eigenvalue weighted by atomic mass is 10.0. The van der Waals surface area contributed by atoms with E-state index in [4.69, 9.17) is 4.74 Å². The molecule has 0 spiro atoms. The molecule has 0 aliphatic heterocycles. The van der Waals surface area contributed by atoms with Gasteiger partial charge in [0.05, 0.1) is 10.6 Å². The highest BCUT2D eigenvalue weighted by Gasteiger charge is 2.34. The lowest BCUT2D eigenvalue weighted by Gasteiger charge is -2.34. The first-order valence-electron chi connectivity index (χ1n) is 17.1. The smallest absolute Gasteiger partial charge is 0.264 e. The Bertz CT molecular complexity index is 2000. The summed E-state index contributed by atoms with van der Waals surface area (Å²) in [7, 11) is -4.23. The molecule has 0 aliphatic carbocycles. The van der Waals surface area contributed by atoms with Crippen molar-refractivity contribution in [1.82, 2.24) is 10.2 Å². The van der Waals surface area contributed by atoms with Gasteiger partial charge in [-0.1, -0.05) is 110 Å². The van der Waals surface area contributed by atoms with Gasteiger partial charge in [0.1, 0.15) is 24.1 Å². The van der Waals surface area contributed by atoms with Gasteiger partial charge in [-0.25, -0.2) is 8.42 Å². The van der Waals surface area contributed by atoms with Gasteiger partial charge in [-0.05, 0) is 79.4 Å². The molecule has 0 aromatic heterocycles. The number of nitrogens with zero attached hydrogens (tertiary/aromatic N) is 2. The normalized spacial score (nSPS) is 11.9. The third-order valence-corrected chi connectivity index (χ3v) is 10.2. The van der Waals surface area contributed by atoms with Crippen LogP contribution in [0, 0.1) is 19.8 Å². The third-order valence-electron chi connectivity index (χ3n) is 8.38. The topological polar surface area (TPSA) is 96.0 Å². The van der Waals surface area contributed by atoms with Crippen LogP contribution < -0.4 is 14.4 Å². The van der Waals surface area contributed by atoms with Crippen molar-refractivity contribution < 1.29 is 22.7 Å². The number of amides is 2. The van der Waals surface area contributed by atoms with Gasteiger partial charge in [0, 0.05) is 19.5 Å². The van der Waals surface area contributed by atoms with Crippen molar-refractivity contribution in [2.45, 2.75) is 51.6 Å². The van der Waals surface area contributed by atoms with Crippen molar-refractivity contribution in [3.05, 3.63) is 156 Å². The van der Waals surface area contributed by atoms with Crippen molar-refractivity contribution in [2.24, 2.45) is 5.92 Å². The van der Waals surface area contributed by atoms with Crippen molar-refractivity contribution in [3.63, 3.8) is 0 Å². The van der Waals surface area contributed by atoms with Crippen LogP contribution in [0.25, 0.3) is 0 Å². The van der Waals surface area contributed by atoms with Crippen LogP contribution in [0.2, 0.25) is 0 Å². The zero-order valence-corrected chi connectivity index (χ0v) is 30.3. The third kappa shape index (κ3) is 10.1. The van der Waals surface area contributed by atoms with Gasteiger partial charge in [-0.3, -0.25) is 13.9 Å². The standard InChI is InChI=1S/C42H45N3O5S/c1-31(2)28-43-42(47)40(27-34-13-7-5-8-14-34)44(29-35-15-11-12-33(4)26-35)41(46)30-45(51(48,49)39-24-18-32(3)19-25-39)36-20-22-38(23-21-36)50-37-16-9-6-10-17-37/h5-26,31,40H,27-30H2,1-4H3,(H,43,47)/t40-/m0/s1. The monoisotopic (exact) mass is 703 g/mol. The van der Waals surface area contributed by atoms with Crippen LogP contribution in [-0.4, -0.2) is 44.3 Å². The Morgan fingerprint density at radius 3 is 1.94 bits per heavy atom. The van der Waals surface area contributed by atoms with Crippen LogP contribution >= 0.6 is 0 Å². The number of benzene rings is 5. The van der Waals surface area contributed by atoms with Gasteiger partial charge in [-0.2, -0.15) is 0 Å². The number of rotatable bonds is 15. The zero-order chi connectivity index (χ0) is 36.4. The number of nitrogens with one attached hydrogen (secondary N) is 1. The van der Waals surface area contributed by atoms with Crippen LogP contribution in [0.15, 0.2) is 138 Å². The molecule has 0 fully saturated rings. The summed E-state index contributed by atoms with van der Waals surface area (Å²) in [4.78, 5) is 30.3. The number of carbonyl (C=O) groups is 2. The minimum Gasteiger partial charge on any atom is -0.457 e. The molecular formula is C42H45N3O5S. The summed E-state index contributed by atoms with van der Waals surface area (Å²) in [5, 5.41) is 3.03. The van der Waals surface area contributed by atoms with E-state index in [0.29, 0.717) is 18.0 Å². The first-order valence-corrected chi connectivity index (χ1v) is 18.5. The number of anilines is 1. The maximum atomic E-state index is 14.7. The molecule has 264 valence electrons. The summed E-state index contributed by atoms with van der Waals surface area (Å²) in [5.41, 5.74) is 3.89. The van der Waals surface area contributed by atoms with Crippen molar-refractivity contribution in [1.29, 1.82) is 0 Å². The van der Waals surface area contributed by atoms with Crippen LogP contribution in [0.1, 0.15) is 36.1 Å². The quantitative estimate of drug-likeness (QED) is 0.121. The van der Waals surface area contributed by atoms with E-state index >= 15 is 0 Å². The molecule has 0 saturated carbocycles. The molecule has 2 amide bonds. The van der Waals surface area contributed by atoms with Crippen LogP contribution in [0.3, 0.4) is 0 Å². The highest BCUT2D eigenvalue weighted by Crippen LogP contribution is 2.29. The minimum absolute atomic E-state index is 0.0475. The highest BCUT2D eigenvalue weighted by molar-refractivity contribution is 7.92. The summed E-state index contributed by atoms with van der Waals surface area (Å²) in [5.74, 6) is 0.518. The van der Waals surface area contributed by atoms with Gasteiger partial charge in [0.2, 0.25) is 11.8 Å². The second-order valence-corrected chi connectivity index (χ2v) is 15.0. The van der Waals surface area contributed by atoms with Gasteiger partial charge < -0.3 is 15.0 Å². The van der Waals surface area contributed by atoms with Crippen LogP contribution in [0.5, 0.6) is 11.5 Å². The summed E-state index contributed by atoms with van der Waals surface area (Å²) >= 11 is 0. The van der Waals surface area contributed by atoms with E-state index in [1.54, 1.807) is 36.4 Å². The molecule has 0 saturated heterocycles. The summed E-state index contributed by atoms with van der Waals surface area (Å²) in [6, 6.07) is 38.8. The van der Waals surface area contributed by atoms with Gasteiger partial charge in [0.25, 0.3) is 10.0 Å². The maximum Gasteiger partial charge on any atom is 0.264 e. The number of ether oxygens (including phenoxy) is 1. The molecular weight excluding hydrogens is 659 g/mol. The molecule has 0 bridgehead atoms. The molecule has 0 radical (unpaired) electrons. The molecule has 5 aromatic rings. The SMILES string of the molecule is Cc1ccc(S(=O)(=O)N(CC(=O)N(Cc2cccc(C)c2)[C@@H](Cc2ccccc2)C(=O)NCC(C)C)c2ccc(Oc3ccccc3)cc2)cc1. The largest absolute Gasteiger partial charge is 0.457 e. The van der Waals surface area contributed by atoms with E-state index in [1.165, 1.54) is 17.0 Å². The number of para-hydroxylation sites is 1. The Balaban J connectivity index is 1.56. The molecule has 5 rings (SSSR count). The maximum absolute atomic E-state index is 14.7. The molecule has 0 heterocycles. The van der Waals surface area contributed by atoms with E-state index in [0.717, 1.165) is 26.6 Å². The molecule has 5 aromatic carbocycles. The Labute approximate surface area is 301 Å². The van der Waals surface area contributed by atoms with Crippen molar-refractivity contribution in [2.75, 3.05) is 17.4 Å². The van der Waals surface area contributed by atoms with Gasteiger partial charge in [-0.15, -0.1) is 0 Å². The van der Waals surface area contributed by atoms with E-state index in [9.17, 15) is 18.0 Å². The first-order chi connectivity index (χ1) is 24.5. The summed E-state index contributed by atoms with van der Waals surface area (Å²) in [6.07, 6.45) is 0.249. The van der Waals surface area contributed by atoms with Crippen molar-refractivity contribution >= 4 is 27.5 Å². The second kappa shape index (κ2) is 17.0. The number of carbonyl (C=O) groups excluding carboxylic acids is 2. The predicted octanol–water partition coefficient (Wildman–Crippen LogP) is 7.70. The Morgan fingerprint density at radius 1 is 0.706 bits per heavy atom. The fourth-order valence-electron chi connectivity index (χ4n) is 5.65. The van der Waals surface area contributed by atoms with Gasteiger partial charge in [0.15, 0.2) is 0 Å². The number of aryl methyl sites for hydroxylation is 2. The van der Waals surface area contributed by atoms with E-state index in [2.05, 4.69) is 5.32 Å². The fourth-order valence-corrected chi connectivity index (χ4v) is 7.07. The Hall–Kier alpha value is -5.41. The Kier molecular flexibility index (Phi) is 12.3. The Morgan fingerprint density at radius 2 is 1.31 bits per heavy atom. The number of hydrogen-bond donors (Lipinski definition) is 1. The summed E-state index contributed by atoms with van der Waals surface area (Å²) < 4.78 is 35.9. The number of hydrogen-bond acceptors (Lipinski definition) is 5. The average molecular weight is 704 g/mol. The highest BCUT2D eigenvalue weighted by atomic mass is 32.2. The molecule has 1 N–H and O–H groups in total. The molecule has 0 unspecified atom stereocenters. The minimum atomic E-state index is -4.23. The van der Waals surface area contributed by atoms with Crippen LogP contribution in [-0.2, 0) is 32.6 Å². The molecule has 8 nitrogen and oxygen atoms in total. The zero-order valence-electron chi connectivity index (χ0n) is 29.5. The average Bonchev–Trinajstić information content (AvgIpc) is 3.12. The lowest BCUT2D eigenvalue weighted by molar-refractivity contribution is -0.140. The molecule has 51 heavy (non-hydrogen) atoms. The fraction of sp³-hybridized carbons (Fsp3) is 0.238. The van der Waals surface area contributed by atoms with Crippen molar-refractivity contribution in [3.8, 4) is 11.5 Å². The number of sulfonamides is 1. The first kappa shape index (κ1) is 36.9. The van der Waals surface area contributed by atoms with E-state index in [1.807, 2.05) is 113 Å². The van der Waals surface area contributed by atoms with Crippen LogP contribution in [0.4, 0.5) is 5.69 Å². The second-order valence-electron chi connectivity index (χ2n) is 13.1. The molecule has 9 heteroatoms. The summed E-state index contributed by atoms with van der Waals surface area (Å²) in [6.45, 7) is 7.86.